The topological polar surface area (TPSA) is 184 Å². The molecule has 0 unspecified atom stereocenters. The Morgan fingerprint density at radius 2 is 1.83 bits per heavy atom. The van der Waals surface area contributed by atoms with E-state index >= 15 is 0 Å². The van der Waals surface area contributed by atoms with E-state index in [1.54, 1.807) is 12.3 Å². The third-order valence-electron chi connectivity index (χ3n) is 5.90. The van der Waals surface area contributed by atoms with Gasteiger partial charge in [-0.15, -0.1) is 0 Å². The molecule has 4 N–H and O–H groups in total. The van der Waals surface area contributed by atoms with Crippen molar-refractivity contribution in [2.24, 2.45) is 0 Å². The van der Waals surface area contributed by atoms with Crippen LogP contribution in [0.5, 0.6) is 5.75 Å². The first-order chi connectivity index (χ1) is 19.0. The van der Waals surface area contributed by atoms with Gasteiger partial charge >= 0.3 is 66.9 Å². The fourth-order valence-electron chi connectivity index (χ4n) is 3.98. The number of morpholine rings is 1. The largest absolute Gasteiger partial charge is 1.00 e. The monoisotopic (exact) mass is 624 g/mol. The maximum absolute atomic E-state index is 14.6. The van der Waals surface area contributed by atoms with Crippen LogP contribution < -0.4 is 84.3 Å². The number of carbonyl (C=O) groups excluding carboxylic acids is 1. The van der Waals surface area contributed by atoms with Gasteiger partial charge in [0.2, 0.25) is 5.95 Å². The van der Waals surface area contributed by atoms with Crippen LogP contribution in [0, 0.1) is 5.82 Å². The first kappa shape index (κ1) is 34.5. The number of halogens is 1. The van der Waals surface area contributed by atoms with E-state index in [1.165, 1.54) is 26.0 Å². The van der Waals surface area contributed by atoms with Gasteiger partial charge < -0.3 is 37.6 Å². The maximum Gasteiger partial charge on any atom is 1.00 e. The molecule has 0 radical (unpaired) electrons. The molecule has 0 bridgehead atoms. The molecule has 15 nitrogen and oxygen atoms in total. The Kier molecular flexibility index (Phi) is 11.7. The van der Waals surface area contributed by atoms with Crippen molar-refractivity contribution in [2.75, 3.05) is 53.5 Å². The molecule has 3 aromatic rings. The predicted molar refractivity (Wildman–Crippen MR) is 142 cm³/mol. The average Bonchev–Trinajstić information content (AvgIpc) is 2.91. The molecule has 0 atom stereocenters. The Bertz CT molecular complexity index is 1470. The fourth-order valence-corrected chi connectivity index (χ4v) is 4.24. The number of carbonyl (C=O) groups is 1. The van der Waals surface area contributed by atoms with E-state index in [0.717, 1.165) is 30.0 Å². The molecule has 19 heteroatoms. The Hall–Kier alpha value is -1.95. The smallest absolute Gasteiger partial charge is 1.00 e. The van der Waals surface area contributed by atoms with Gasteiger partial charge in [-0.25, -0.2) is 23.9 Å². The van der Waals surface area contributed by atoms with E-state index in [2.05, 4.69) is 40.0 Å². The van der Waals surface area contributed by atoms with Gasteiger partial charge in [0, 0.05) is 13.1 Å². The van der Waals surface area contributed by atoms with Gasteiger partial charge in [-0.2, -0.15) is 4.98 Å². The van der Waals surface area contributed by atoms with Crippen LogP contribution in [-0.2, 0) is 18.6 Å². The number of pyridine rings is 2. The molecule has 1 amide bonds. The second-order valence-corrected chi connectivity index (χ2v) is 10.5. The van der Waals surface area contributed by atoms with Gasteiger partial charge in [-0.1, -0.05) is 0 Å². The summed E-state index contributed by atoms with van der Waals surface area (Å²) in [6.45, 7) is 4.98. The zero-order valence-electron chi connectivity index (χ0n) is 25.4. The van der Waals surface area contributed by atoms with Crippen molar-refractivity contribution in [3.05, 3.63) is 42.5 Å². The summed E-state index contributed by atoms with van der Waals surface area (Å²) in [6, 6.07) is 6.59. The molecule has 1 saturated heterocycles. The van der Waals surface area contributed by atoms with Crippen molar-refractivity contribution in [3.8, 4) is 5.75 Å². The minimum Gasteiger partial charge on any atom is -1.00 e. The number of amides is 1. The van der Waals surface area contributed by atoms with E-state index in [9.17, 15) is 13.8 Å². The fraction of sp³-hybridized carbons (Fsp3) is 0.348. The SMILES string of the molecule is CC1(C)Oc2ccc(Nc3nc(Nc4ccc(N5CCOCC5)nc4)ncc3F)nc2N(COP(=O)(O)O)C1=O.[H-].[H-].[Na+].[Na+]. The third-order valence-corrected chi connectivity index (χ3v) is 6.36. The van der Waals surface area contributed by atoms with E-state index in [1.807, 2.05) is 6.07 Å². The summed E-state index contributed by atoms with van der Waals surface area (Å²) >= 11 is 0. The molecule has 3 aromatic heterocycles. The summed E-state index contributed by atoms with van der Waals surface area (Å²) < 4.78 is 41.5. The van der Waals surface area contributed by atoms with Gasteiger partial charge in [0.15, 0.2) is 28.8 Å². The number of aromatic nitrogens is 4. The summed E-state index contributed by atoms with van der Waals surface area (Å²) in [4.78, 5) is 51.0. The average molecular weight is 624 g/mol. The van der Waals surface area contributed by atoms with Crippen LogP contribution in [0.4, 0.5) is 39.3 Å². The molecule has 0 aromatic carbocycles. The molecular weight excluding hydrogens is 596 g/mol. The Balaban J connectivity index is 0.00000242. The van der Waals surface area contributed by atoms with Crippen molar-refractivity contribution in [2.45, 2.75) is 19.4 Å². The van der Waals surface area contributed by atoms with E-state index < -0.39 is 31.9 Å². The van der Waals surface area contributed by atoms with E-state index in [0.29, 0.717) is 18.9 Å². The first-order valence-corrected chi connectivity index (χ1v) is 13.6. The summed E-state index contributed by atoms with van der Waals surface area (Å²) in [5, 5.41) is 5.70. The molecular formula is C23H28FN8Na2O7P. The number of rotatable bonds is 8. The van der Waals surface area contributed by atoms with E-state index in [4.69, 9.17) is 19.3 Å². The molecule has 0 aliphatic carbocycles. The van der Waals surface area contributed by atoms with E-state index in [-0.39, 0.29) is 91.1 Å². The normalized spacial score (nSPS) is 16.0. The molecule has 216 valence electrons. The van der Waals surface area contributed by atoms with Crippen molar-refractivity contribution in [3.63, 3.8) is 0 Å². The number of nitrogens with one attached hydrogen (secondary N) is 2. The number of hydrogen-bond acceptors (Lipinski definition) is 12. The quantitative estimate of drug-likeness (QED) is 0.143. The van der Waals surface area contributed by atoms with Gasteiger partial charge in [0.1, 0.15) is 18.4 Å². The second-order valence-electron chi connectivity index (χ2n) is 9.26. The Morgan fingerprint density at radius 3 is 2.50 bits per heavy atom. The number of hydrogen-bond donors (Lipinski definition) is 4. The molecule has 2 aliphatic heterocycles. The molecule has 2 aliphatic rings. The Morgan fingerprint density at radius 1 is 1.10 bits per heavy atom. The standard InChI is InChI=1S/C23H26FN8O7P.2Na.2H/c1-23(2)21(33)32(13-38-40(34,35)36)20-16(39-23)4-5-17(29-20)28-19-15(24)12-26-22(30-19)27-14-3-6-18(25-11-14)31-7-9-37-10-8-31;;;;/h3-6,11-12H,7-10,13H2,1-2H3,(H2,34,35,36)(H2,26,27,28,29,30);;;;/q;2*+1;2*-1. The van der Waals surface area contributed by atoms with Crippen LogP contribution in [0.3, 0.4) is 0 Å². The van der Waals surface area contributed by atoms with Crippen molar-refractivity contribution >= 4 is 48.6 Å². The number of ether oxygens (including phenoxy) is 2. The van der Waals surface area contributed by atoms with Crippen LogP contribution in [0.1, 0.15) is 16.7 Å². The minimum absolute atomic E-state index is 0. The molecule has 5 heterocycles. The van der Waals surface area contributed by atoms with Crippen molar-refractivity contribution in [1.29, 1.82) is 0 Å². The van der Waals surface area contributed by atoms with Gasteiger partial charge in [-0.3, -0.25) is 14.2 Å². The maximum atomic E-state index is 14.6. The summed E-state index contributed by atoms with van der Waals surface area (Å²) in [5.41, 5.74) is -0.767. The van der Waals surface area contributed by atoms with Crippen LogP contribution in [-0.4, -0.2) is 74.3 Å². The van der Waals surface area contributed by atoms with Crippen LogP contribution in [0.2, 0.25) is 0 Å². The summed E-state index contributed by atoms with van der Waals surface area (Å²) in [6.07, 6.45) is 2.59. The minimum atomic E-state index is -4.89. The number of phosphoric acid groups is 1. The first-order valence-electron chi connectivity index (χ1n) is 12.1. The molecule has 1 fully saturated rings. The number of nitrogens with zero attached hydrogens (tertiary/aromatic N) is 6. The van der Waals surface area contributed by atoms with Gasteiger partial charge in [0.25, 0.3) is 5.91 Å². The zero-order valence-corrected chi connectivity index (χ0v) is 28.3. The zero-order chi connectivity index (χ0) is 28.5. The number of anilines is 6. The number of fused-ring (bicyclic) bond motifs is 1. The van der Waals surface area contributed by atoms with Crippen LogP contribution in [0.15, 0.2) is 36.7 Å². The predicted octanol–water partition coefficient (Wildman–Crippen LogP) is -3.47. The van der Waals surface area contributed by atoms with Crippen LogP contribution in [0.25, 0.3) is 0 Å². The molecule has 5 rings (SSSR count). The third kappa shape index (κ3) is 8.36. The molecule has 42 heavy (non-hydrogen) atoms. The number of phosphoric ester groups is 1. The van der Waals surface area contributed by atoms with Gasteiger partial charge in [0.05, 0.1) is 31.3 Å². The second kappa shape index (κ2) is 14.2. The Labute approximate surface area is 287 Å². The summed E-state index contributed by atoms with van der Waals surface area (Å²) in [5.74, 6) is -0.613. The molecule has 0 spiro atoms. The molecule has 0 saturated carbocycles. The van der Waals surface area contributed by atoms with Gasteiger partial charge in [-0.05, 0) is 38.1 Å². The van der Waals surface area contributed by atoms with Crippen LogP contribution >= 0.6 is 7.82 Å². The van der Waals surface area contributed by atoms with Crippen molar-refractivity contribution < 1.29 is 99.5 Å². The van der Waals surface area contributed by atoms with Crippen molar-refractivity contribution in [1.82, 2.24) is 19.9 Å². The summed E-state index contributed by atoms with van der Waals surface area (Å²) in [7, 11) is -4.89.